The van der Waals surface area contributed by atoms with Gasteiger partial charge in [0.2, 0.25) is 5.88 Å². The number of aryl methyl sites for hydroxylation is 1. The molecule has 0 aliphatic heterocycles. The van der Waals surface area contributed by atoms with E-state index in [1.807, 2.05) is 0 Å². The van der Waals surface area contributed by atoms with Crippen LogP contribution < -0.4 is 10.2 Å². The maximum Gasteiger partial charge on any atom is 0.344 e. The number of Topliss-reactive ketones (excluding diaryl/α,β-unsaturated/α-hetero) is 1. The van der Waals surface area contributed by atoms with E-state index in [4.69, 9.17) is 13.9 Å². The molecule has 0 radical (unpaired) electrons. The highest BCUT2D eigenvalue weighted by molar-refractivity contribution is 6.11. The number of nitrogens with one attached hydrogen (secondary N) is 1. The van der Waals surface area contributed by atoms with E-state index >= 15 is 0 Å². The maximum absolute atomic E-state index is 12.3. The van der Waals surface area contributed by atoms with Crippen LogP contribution in [-0.2, 0) is 14.3 Å². The highest BCUT2D eigenvalue weighted by atomic mass is 16.6. The molecule has 0 atom stereocenters. The van der Waals surface area contributed by atoms with Crippen LogP contribution in [0.2, 0.25) is 0 Å². The lowest BCUT2D eigenvalue weighted by Gasteiger charge is -2.13. The van der Waals surface area contributed by atoms with Crippen LogP contribution in [0, 0.1) is 17.0 Å². The summed E-state index contributed by atoms with van der Waals surface area (Å²) in [5, 5.41) is 13.5. The van der Waals surface area contributed by atoms with Gasteiger partial charge in [0.1, 0.15) is 17.0 Å². The number of amides is 1. The van der Waals surface area contributed by atoms with Crippen molar-refractivity contribution in [2.45, 2.75) is 20.8 Å². The van der Waals surface area contributed by atoms with Gasteiger partial charge in [-0.2, -0.15) is 0 Å². The zero-order chi connectivity index (χ0) is 24.9. The molecule has 1 amide bonds. The van der Waals surface area contributed by atoms with Gasteiger partial charge in [0.25, 0.3) is 11.6 Å². The molecule has 12 nitrogen and oxygen atoms in total. The second-order valence-corrected chi connectivity index (χ2v) is 6.99. The molecule has 176 valence electrons. The van der Waals surface area contributed by atoms with Gasteiger partial charge >= 0.3 is 11.9 Å². The van der Waals surface area contributed by atoms with Crippen LogP contribution in [-0.4, -0.2) is 55.9 Å². The first-order valence-corrected chi connectivity index (χ1v) is 9.72. The molecule has 0 bridgehead atoms. The van der Waals surface area contributed by atoms with Crippen LogP contribution in [0.5, 0.6) is 0 Å². The normalized spacial score (nSPS) is 10.3. The second-order valence-electron chi connectivity index (χ2n) is 6.99. The van der Waals surface area contributed by atoms with Gasteiger partial charge in [0.05, 0.1) is 22.7 Å². The summed E-state index contributed by atoms with van der Waals surface area (Å²) in [4.78, 5) is 60.9. The smallest absolute Gasteiger partial charge is 0.344 e. The Kier molecular flexibility index (Phi) is 7.89. The lowest BCUT2D eigenvalue weighted by Crippen LogP contribution is -2.22. The van der Waals surface area contributed by atoms with Gasteiger partial charge in [-0.1, -0.05) is 0 Å². The Morgan fingerprint density at radius 1 is 1.12 bits per heavy atom. The molecular formula is C21H23N3O9. The Morgan fingerprint density at radius 2 is 1.79 bits per heavy atom. The molecule has 0 aliphatic carbocycles. The first-order valence-electron chi connectivity index (χ1n) is 9.72. The molecule has 2 rings (SSSR count). The van der Waals surface area contributed by atoms with Crippen molar-refractivity contribution < 1.29 is 38.0 Å². The molecule has 1 N–H and O–H groups in total. The monoisotopic (exact) mass is 461 g/mol. The van der Waals surface area contributed by atoms with E-state index in [0.717, 1.165) is 6.07 Å². The Hall–Kier alpha value is -4.22. The van der Waals surface area contributed by atoms with Gasteiger partial charge in [0, 0.05) is 20.2 Å². The van der Waals surface area contributed by atoms with Crippen molar-refractivity contribution >= 4 is 40.9 Å². The number of furan rings is 1. The van der Waals surface area contributed by atoms with E-state index in [2.05, 4.69) is 5.32 Å². The third-order valence-electron chi connectivity index (χ3n) is 4.39. The number of carbonyl (C=O) groups is 4. The van der Waals surface area contributed by atoms with Crippen molar-refractivity contribution in [2.75, 3.05) is 37.5 Å². The number of hydrogen-bond acceptors (Lipinski definition) is 10. The number of ketones is 1. The summed E-state index contributed by atoms with van der Waals surface area (Å²) in [6.07, 6.45) is 0. The standard InChI is InChI=1S/C21H23N3O9/c1-6-31-21(28)18-17(11(2)25)12(3)33-19(18)22-16(26)10-32-20(27)13-7-8-14(23(4)5)15(9-13)24(29)30/h7-9H,6,10H2,1-5H3,(H,22,26). The van der Waals surface area contributed by atoms with Crippen molar-refractivity contribution in [3.8, 4) is 0 Å². The maximum atomic E-state index is 12.3. The summed E-state index contributed by atoms with van der Waals surface area (Å²) in [7, 11) is 3.23. The molecule has 0 spiro atoms. The lowest BCUT2D eigenvalue weighted by atomic mass is 10.1. The Morgan fingerprint density at radius 3 is 2.33 bits per heavy atom. The van der Waals surface area contributed by atoms with Crippen molar-refractivity contribution in [2.24, 2.45) is 0 Å². The molecule has 0 fully saturated rings. The van der Waals surface area contributed by atoms with E-state index in [1.54, 1.807) is 21.0 Å². The number of anilines is 2. The summed E-state index contributed by atoms with van der Waals surface area (Å²) in [6.45, 7) is 3.50. The summed E-state index contributed by atoms with van der Waals surface area (Å²) >= 11 is 0. The van der Waals surface area contributed by atoms with E-state index in [9.17, 15) is 29.3 Å². The van der Waals surface area contributed by atoms with Crippen molar-refractivity contribution in [1.82, 2.24) is 0 Å². The average molecular weight is 461 g/mol. The van der Waals surface area contributed by atoms with Gasteiger partial charge in [-0.25, -0.2) is 9.59 Å². The number of nitrogens with zero attached hydrogens (tertiary/aromatic N) is 2. The topological polar surface area (TPSA) is 158 Å². The van der Waals surface area contributed by atoms with Crippen molar-refractivity contribution in [3.05, 3.63) is 50.8 Å². The fourth-order valence-electron chi connectivity index (χ4n) is 3.01. The molecular weight excluding hydrogens is 438 g/mol. The van der Waals surface area contributed by atoms with Gasteiger partial charge in [0.15, 0.2) is 12.4 Å². The average Bonchev–Trinajstić information content (AvgIpc) is 3.07. The summed E-state index contributed by atoms with van der Waals surface area (Å²) in [5.41, 5.74) is -0.415. The fourth-order valence-corrected chi connectivity index (χ4v) is 3.01. The van der Waals surface area contributed by atoms with Gasteiger partial charge in [-0.3, -0.25) is 25.0 Å². The third-order valence-corrected chi connectivity index (χ3v) is 4.39. The minimum Gasteiger partial charge on any atom is -0.462 e. The van der Waals surface area contributed by atoms with Gasteiger partial charge in [-0.05, 0) is 32.9 Å². The largest absolute Gasteiger partial charge is 0.462 e. The van der Waals surface area contributed by atoms with E-state index in [1.165, 1.54) is 30.9 Å². The Labute approximate surface area is 188 Å². The Balaban J connectivity index is 2.17. The molecule has 2 aromatic rings. The quantitative estimate of drug-likeness (QED) is 0.255. The molecule has 1 aromatic carbocycles. The predicted octanol–water partition coefficient (Wildman–Crippen LogP) is 2.74. The number of carbonyl (C=O) groups excluding carboxylic acids is 4. The first kappa shape index (κ1) is 25.0. The van der Waals surface area contributed by atoms with E-state index in [0.29, 0.717) is 0 Å². The van der Waals surface area contributed by atoms with Crippen molar-refractivity contribution in [3.63, 3.8) is 0 Å². The molecule has 1 heterocycles. The van der Waals surface area contributed by atoms with E-state index < -0.39 is 35.2 Å². The molecule has 1 aromatic heterocycles. The number of hydrogen-bond donors (Lipinski definition) is 1. The van der Waals surface area contributed by atoms with Crippen LogP contribution in [0.25, 0.3) is 0 Å². The molecule has 33 heavy (non-hydrogen) atoms. The number of benzene rings is 1. The summed E-state index contributed by atoms with van der Waals surface area (Å²) < 4.78 is 15.2. The van der Waals surface area contributed by atoms with Crippen LogP contribution >= 0.6 is 0 Å². The zero-order valence-electron chi connectivity index (χ0n) is 18.7. The third kappa shape index (κ3) is 5.73. The van der Waals surface area contributed by atoms with Gasteiger partial charge < -0.3 is 18.8 Å². The van der Waals surface area contributed by atoms with Crippen LogP contribution in [0.3, 0.4) is 0 Å². The number of nitro groups is 1. The highest BCUT2D eigenvalue weighted by Gasteiger charge is 2.29. The molecule has 0 saturated heterocycles. The molecule has 12 heteroatoms. The zero-order valence-corrected chi connectivity index (χ0v) is 18.7. The summed E-state index contributed by atoms with van der Waals surface area (Å²) in [5.74, 6) is -3.37. The highest BCUT2D eigenvalue weighted by Crippen LogP contribution is 2.29. The Bertz CT molecular complexity index is 1120. The van der Waals surface area contributed by atoms with Crippen LogP contribution in [0.1, 0.15) is 50.7 Å². The fraction of sp³-hybridized carbons (Fsp3) is 0.333. The lowest BCUT2D eigenvalue weighted by molar-refractivity contribution is -0.384. The van der Waals surface area contributed by atoms with Crippen LogP contribution in [0.15, 0.2) is 22.6 Å². The number of ether oxygens (including phenoxy) is 2. The predicted molar refractivity (Wildman–Crippen MR) is 116 cm³/mol. The molecule has 0 unspecified atom stereocenters. The minimum atomic E-state index is -0.968. The van der Waals surface area contributed by atoms with Gasteiger partial charge in [-0.15, -0.1) is 0 Å². The number of rotatable bonds is 9. The molecule has 0 saturated carbocycles. The van der Waals surface area contributed by atoms with Crippen molar-refractivity contribution in [1.29, 1.82) is 0 Å². The second kappa shape index (κ2) is 10.4. The minimum absolute atomic E-state index is 0.0319. The summed E-state index contributed by atoms with van der Waals surface area (Å²) in [6, 6.07) is 3.76. The SMILES string of the molecule is CCOC(=O)c1c(NC(=O)COC(=O)c2ccc(N(C)C)c([N+](=O)[O-])c2)oc(C)c1C(C)=O. The van der Waals surface area contributed by atoms with Crippen LogP contribution in [0.4, 0.5) is 17.3 Å². The molecule has 0 aliphatic rings. The number of nitro benzene ring substituents is 1. The first-order chi connectivity index (χ1) is 15.5. The number of esters is 2. The van der Waals surface area contributed by atoms with E-state index in [-0.39, 0.29) is 46.3 Å².